The molecule has 0 saturated carbocycles. The summed E-state index contributed by atoms with van der Waals surface area (Å²) in [5.74, 6) is 4.71. The van der Waals surface area contributed by atoms with Crippen LogP contribution < -0.4 is 10.5 Å². The highest BCUT2D eigenvalue weighted by Gasteiger charge is 2.17. The first kappa shape index (κ1) is 14.5. The molecule has 1 aromatic carbocycles. The van der Waals surface area contributed by atoms with Crippen LogP contribution in [0.3, 0.4) is 0 Å². The Morgan fingerprint density at radius 2 is 2.11 bits per heavy atom. The number of hydrogen-bond acceptors (Lipinski definition) is 3. The minimum absolute atomic E-state index is 0.118. The van der Waals surface area contributed by atoms with Gasteiger partial charge in [0.15, 0.2) is 0 Å². The van der Waals surface area contributed by atoms with Gasteiger partial charge in [-0.3, -0.25) is 4.72 Å². The van der Waals surface area contributed by atoms with E-state index in [1.165, 1.54) is 18.2 Å². The van der Waals surface area contributed by atoms with Gasteiger partial charge in [0.2, 0.25) is 10.0 Å². The number of sulfonamides is 1. The Kier molecular flexibility index (Phi) is 4.70. The minimum Gasteiger partial charge on any atom is -0.320 e. The predicted molar refractivity (Wildman–Crippen MR) is 70.0 cm³/mol. The SMILES string of the molecule is CC(C)S(=O)(=O)Nc1ccc(F)cc1C#CCN. The van der Waals surface area contributed by atoms with E-state index in [9.17, 15) is 12.8 Å². The molecule has 0 unspecified atom stereocenters. The Morgan fingerprint density at radius 1 is 1.44 bits per heavy atom. The monoisotopic (exact) mass is 270 g/mol. The largest absolute Gasteiger partial charge is 0.320 e. The van der Waals surface area contributed by atoms with Crippen LogP contribution in [-0.2, 0) is 10.0 Å². The molecule has 1 aromatic rings. The number of nitrogens with one attached hydrogen (secondary N) is 1. The van der Waals surface area contributed by atoms with Gasteiger partial charge in [0, 0.05) is 0 Å². The van der Waals surface area contributed by atoms with E-state index in [2.05, 4.69) is 16.6 Å². The molecule has 0 aliphatic rings. The van der Waals surface area contributed by atoms with Gasteiger partial charge in [-0.1, -0.05) is 11.8 Å². The molecule has 0 bridgehead atoms. The summed E-state index contributed by atoms with van der Waals surface area (Å²) in [7, 11) is -3.48. The molecule has 18 heavy (non-hydrogen) atoms. The van der Waals surface area contributed by atoms with E-state index in [4.69, 9.17) is 5.73 Å². The van der Waals surface area contributed by atoms with E-state index in [1.54, 1.807) is 13.8 Å². The van der Waals surface area contributed by atoms with Crippen molar-refractivity contribution < 1.29 is 12.8 Å². The first-order valence-electron chi connectivity index (χ1n) is 5.37. The van der Waals surface area contributed by atoms with E-state index in [-0.39, 0.29) is 17.8 Å². The van der Waals surface area contributed by atoms with Gasteiger partial charge < -0.3 is 5.73 Å². The highest BCUT2D eigenvalue weighted by Crippen LogP contribution is 2.18. The zero-order valence-corrected chi connectivity index (χ0v) is 11.0. The maximum Gasteiger partial charge on any atom is 0.235 e. The number of benzene rings is 1. The lowest BCUT2D eigenvalue weighted by molar-refractivity contribution is 0.592. The van der Waals surface area contributed by atoms with Crippen molar-refractivity contribution in [2.75, 3.05) is 11.3 Å². The fraction of sp³-hybridized carbons (Fsp3) is 0.333. The molecular weight excluding hydrogens is 255 g/mol. The fourth-order valence-electron chi connectivity index (χ4n) is 1.13. The van der Waals surface area contributed by atoms with Crippen LogP contribution >= 0.6 is 0 Å². The van der Waals surface area contributed by atoms with Crippen molar-refractivity contribution in [3.8, 4) is 11.8 Å². The van der Waals surface area contributed by atoms with Crippen molar-refractivity contribution in [2.24, 2.45) is 5.73 Å². The number of halogens is 1. The second kappa shape index (κ2) is 5.85. The van der Waals surface area contributed by atoms with Crippen LogP contribution in [0.4, 0.5) is 10.1 Å². The normalized spacial score (nSPS) is 10.9. The lowest BCUT2D eigenvalue weighted by Gasteiger charge is -2.12. The van der Waals surface area contributed by atoms with Crippen molar-refractivity contribution in [1.82, 2.24) is 0 Å². The third-order valence-corrected chi connectivity index (χ3v) is 3.93. The quantitative estimate of drug-likeness (QED) is 0.813. The number of nitrogens with two attached hydrogens (primary N) is 1. The third-order valence-electron chi connectivity index (χ3n) is 2.18. The second-order valence-corrected chi connectivity index (χ2v) is 6.13. The third kappa shape index (κ3) is 3.72. The molecule has 4 nitrogen and oxygen atoms in total. The molecule has 0 aromatic heterocycles. The Labute approximate surface area is 106 Å². The summed E-state index contributed by atoms with van der Waals surface area (Å²) in [5.41, 5.74) is 5.76. The molecular formula is C12H15FN2O2S. The summed E-state index contributed by atoms with van der Waals surface area (Å²) in [5, 5.41) is -0.585. The molecule has 0 saturated heterocycles. The first-order valence-corrected chi connectivity index (χ1v) is 6.91. The molecule has 0 amide bonds. The zero-order valence-electron chi connectivity index (χ0n) is 10.2. The van der Waals surface area contributed by atoms with Crippen molar-refractivity contribution in [1.29, 1.82) is 0 Å². The van der Waals surface area contributed by atoms with Gasteiger partial charge in [-0.15, -0.1) is 0 Å². The molecule has 0 heterocycles. The average molecular weight is 270 g/mol. The maximum atomic E-state index is 13.1. The summed E-state index contributed by atoms with van der Waals surface area (Å²) >= 11 is 0. The summed E-state index contributed by atoms with van der Waals surface area (Å²) in [6.45, 7) is 3.22. The van der Waals surface area contributed by atoms with Crippen molar-refractivity contribution in [3.05, 3.63) is 29.6 Å². The standard InChI is InChI=1S/C12H15FN2O2S/c1-9(2)18(16,17)15-12-6-5-11(13)8-10(12)4-3-7-14/h5-6,8-9,15H,7,14H2,1-2H3. The summed E-state index contributed by atoms with van der Waals surface area (Å²) in [4.78, 5) is 0. The molecule has 0 atom stereocenters. The van der Waals surface area contributed by atoms with Crippen molar-refractivity contribution in [2.45, 2.75) is 19.1 Å². The predicted octanol–water partition coefficient (Wildman–Crippen LogP) is 1.29. The maximum absolute atomic E-state index is 13.1. The van der Waals surface area contributed by atoms with E-state index in [1.807, 2.05) is 0 Å². The smallest absolute Gasteiger partial charge is 0.235 e. The molecule has 0 radical (unpaired) electrons. The van der Waals surface area contributed by atoms with Gasteiger partial charge in [-0.2, -0.15) is 0 Å². The molecule has 1 rings (SSSR count). The van der Waals surface area contributed by atoms with Crippen LogP contribution in [-0.4, -0.2) is 20.2 Å². The van der Waals surface area contributed by atoms with Crippen LogP contribution in [0, 0.1) is 17.7 Å². The highest BCUT2D eigenvalue weighted by atomic mass is 32.2. The van der Waals surface area contributed by atoms with E-state index < -0.39 is 21.1 Å². The molecule has 0 aliphatic carbocycles. The Balaban J connectivity index is 3.17. The van der Waals surface area contributed by atoms with Crippen molar-refractivity contribution >= 4 is 15.7 Å². The molecule has 0 fully saturated rings. The fourth-order valence-corrected chi connectivity index (χ4v) is 1.85. The zero-order chi connectivity index (χ0) is 13.8. The van der Waals surface area contributed by atoms with Crippen LogP contribution in [0.2, 0.25) is 0 Å². The minimum atomic E-state index is -3.48. The van der Waals surface area contributed by atoms with Crippen LogP contribution in [0.25, 0.3) is 0 Å². The van der Waals surface area contributed by atoms with Gasteiger partial charge in [0.05, 0.1) is 23.0 Å². The van der Waals surface area contributed by atoms with Crippen LogP contribution in [0.5, 0.6) is 0 Å². The van der Waals surface area contributed by atoms with E-state index >= 15 is 0 Å². The number of rotatable bonds is 3. The van der Waals surface area contributed by atoms with Gasteiger partial charge in [-0.25, -0.2) is 12.8 Å². The van der Waals surface area contributed by atoms with E-state index in [0.29, 0.717) is 0 Å². The average Bonchev–Trinajstić information content (AvgIpc) is 2.29. The van der Waals surface area contributed by atoms with E-state index in [0.717, 1.165) is 0 Å². The number of anilines is 1. The topological polar surface area (TPSA) is 72.2 Å². The lowest BCUT2D eigenvalue weighted by atomic mass is 10.2. The summed E-state index contributed by atoms with van der Waals surface area (Å²) < 4.78 is 38.9. The Bertz CT molecular complexity index is 586. The van der Waals surface area contributed by atoms with Crippen LogP contribution in [0.15, 0.2) is 18.2 Å². The molecule has 6 heteroatoms. The van der Waals surface area contributed by atoms with Crippen molar-refractivity contribution in [3.63, 3.8) is 0 Å². The van der Waals surface area contributed by atoms with Gasteiger partial charge in [0.1, 0.15) is 5.82 Å². The molecule has 3 N–H and O–H groups in total. The van der Waals surface area contributed by atoms with Crippen LogP contribution in [0.1, 0.15) is 19.4 Å². The highest BCUT2D eigenvalue weighted by molar-refractivity contribution is 7.93. The second-order valence-electron chi connectivity index (χ2n) is 3.89. The summed E-state index contributed by atoms with van der Waals surface area (Å²) in [6, 6.07) is 3.68. The number of hydrogen-bond donors (Lipinski definition) is 2. The molecule has 0 spiro atoms. The Hall–Kier alpha value is -1.58. The molecule has 98 valence electrons. The lowest BCUT2D eigenvalue weighted by Crippen LogP contribution is -2.23. The van der Waals surface area contributed by atoms with Gasteiger partial charge in [-0.05, 0) is 32.0 Å². The first-order chi connectivity index (χ1) is 8.36. The van der Waals surface area contributed by atoms with Gasteiger partial charge >= 0.3 is 0 Å². The molecule has 0 aliphatic heterocycles. The van der Waals surface area contributed by atoms with Gasteiger partial charge in [0.25, 0.3) is 0 Å². The Morgan fingerprint density at radius 3 is 2.67 bits per heavy atom. The summed E-state index contributed by atoms with van der Waals surface area (Å²) in [6.07, 6.45) is 0.